The molecule has 10 heteroatoms. The van der Waals surface area contributed by atoms with Crippen molar-refractivity contribution in [3.63, 3.8) is 0 Å². The zero-order valence-electron chi connectivity index (χ0n) is 18.9. The fraction of sp³-hybridized carbons (Fsp3) is 0.565. The normalized spacial score (nSPS) is 23.6. The number of likely N-dealkylation sites (tertiary alicyclic amines) is 1. The van der Waals surface area contributed by atoms with Crippen molar-refractivity contribution >= 4 is 23.6 Å². The lowest BCUT2D eigenvalue weighted by molar-refractivity contribution is -0.150. The number of aryl methyl sites for hydroxylation is 1. The van der Waals surface area contributed by atoms with Crippen molar-refractivity contribution in [3.05, 3.63) is 29.3 Å². The standard InChI is InChI=1S/C23H29N5O5/c1-15-11-16(13-24)3-4-18(15)26-7-9-27(10-8-26)21(30)19-17(20(29)25-32)12-23(5-6-23)14-28(19)22(31)33-2/h3-4,11,17,19,32H,5-10,12,14H2,1-2H3,(H,25,29)/t17-,19-/m0/s1. The van der Waals surface area contributed by atoms with Crippen LogP contribution in [0.1, 0.15) is 30.4 Å². The van der Waals surface area contributed by atoms with E-state index in [4.69, 9.17) is 10.00 Å². The third-order valence-electron chi connectivity index (χ3n) is 7.20. The van der Waals surface area contributed by atoms with Crippen molar-refractivity contribution < 1.29 is 24.3 Å². The van der Waals surface area contributed by atoms with E-state index in [2.05, 4.69) is 11.0 Å². The molecule has 1 aromatic rings. The summed E-state index contributed by atoms with van der Waals surface area (Å²) < 4.78 is 4.94. The molecule has 3 amide bonds. The summed E-state index contributed by atoms with van der Waals surface area (Å²) in [5.74, 6) is -1.79. The molecule has 2 atom stereocenters. The fourth-order valence-corrected chi connectivity index (χ4v) is 5.21. The van der Waals surface area contributed by atoms with Crippen molar-refractivity contribution in [2.45, 2.75) is 32.2 Å². The van der Waals surface area contributed by atoms with Crippen LogP contribution in [0, 0.1) is 29.6 Å². The Hall–Kier alpha value is -3.32. The Morgan fingerprint density at radius 2 is 1.91 bits per heavy atom. The maximum absolute atomic E-state index is 13.6. The van der Waals surface area contributed by atoms with Gasteiger partial charge >= 0.3 is 6.09 Å². The van der Waals surface area contributed by atoms with Gasteiger partial charge in [0.25, 0.3) is 0 Å². The van der Waals surface area contributed by atoms with Crippen LogP contribution in [0.2, 0.25) is 0 Å². The predicted molar refractivity (Wildman–Crippen MR) is 117 cm³/mol. The minimum absolute atomic E-state index is 0.187. The molecule has 1 aliphatic carbocycles. The molecule has 2 aliphatic heterocycles. The number of piperidine rings is 1. The number of carbonyl (C=O) groups is 3. The molecule has 0 bridgehead atoms. The molecule has 3 aliphatic rings. The first-order chi connectivity index (χ1) is 15.8. The number of ether oxygens (including phenoxy) is 1. The molecule has 1 aromatic carbocycles. The summed E-state index contributed by atoms with van der Waals surface area (Å²) in [6, 6.07) is 6.66. The van der Waals surface area contributed by atoms with Crippen LogP contribution in [-0.2, 0) is 14.3 Å². The van der Waals surface area contributed by atoms with E-state index in [-0.39, 0.29) is 11.3 Å². The highest BCUT2D eigenvalue weighted by molar-refractivity contribution is 5.93. The average molecular weight is 456 g/mol. The number of benzene rings is 1. The van der Waals surface area contributed by atoms with Gasteiger partial charge in [0, 0.05) is 38.4 Å². The van der Waals surface area contributed by atoms with E-state index in [9.17, 15) is 19.6 Å². The monoisotopic (exact) mass is 455 g/mol. The van der Waals surface area contributed by atoms with Crippen LogP contribution in [0.15, 0.2) is 18.2 Å². The van der Waals surface area contributed by atoms with Gasteiger partial charge in [0.2, 0.25) is 11.8 Å². The lowest BCUT2D eigenvalue weighted by Gasteiger charge is -2.45. The van der Waals surface area contributed by atoms with Gasteiger partial charge in [0.15, 0.2) is 0 Å². The average Bonchev–Trinajstić information content (AvgIpc) is 3.60. The Morgan fingerprint density at radius 1 is 1.21 bits per heavy atom. The van der Waals surface area contributed by atoms with E-state index in [1.807, 2.05) is 19.1 Å². The molecule has 0 unspecified atom stereocenters. The zero-order chi connectivity index (χ0) is 23.8. The van der Waals surface area contributed by atoms with Crippen LogP contribution in [0.25, 0.3) is 0 Å². The third kappa shape index (κ3) is 4.33. The minimum atomic E-state index is -1.01. The van der Waals surface area contributed by atoms with Gasteiger partial charge in [-0.1, -0.05) is 0 Å². The third-order valence-corrected chi connectivity index (χ3v) is 7.20. The van der Waals surface area contributed by atoms with Crippen LogP contribution in [0.4, 0.5) is 10.5 Å². The molecule has 3 fully saturated rings. The number of nitrogens with zero attached hydrogens (tertiary/aromatic N) is 4. The van der Waals surface area contributed by atoms with Crippen molar-refractivity contribution in [1.82, 2.24) is 15.3 Å². The van der Waals surface area contributed by atoms with Crippen LogP contribution in [-0.4, -0.2) is 78.8 Å². The van der Waals surface area contributed by atoms with Crippen LogP contribution < -0.4 is 10.4 Å². The number of piperazine rings is 1. The summed E-state index contributed by atoms with van der Waals surface area (Å²) >= 11 is 0. The summed E-state index contributed by atoms with van der Waals surface area (Å²) in [5.41, 5.74) is 4.12. The van der Waals surface area contributed by atoms with E-state index in [0.717, 1.165) is 24.1 Å². The summed E-state index contributed by atoms with van der Waals surface area (Å²) in [4.78, 5) is 43.9. The van der Waals surface area contributed by atoms with Crippen LogP contribution in [0.5, 0.6) is 0 Å². The molecule has 33 heavy (non-hydrogen) atoms. The van der Waals surface area contributed by atoms with Gasteiger partial charge in [0.1, 0.15) is 6.04 Å². The second-order valence-electron chi connectivity index (χ2n) is 9.25. The Bertz CT molecular complexity index is 965. The van der Waals surface area contributed by atoms with Crippen LogP contribution >= 0.6 is 0 Å². The highest BCUT2D eigenvalue weighted by Gasteiger charge is 2.57. The van der Waals surface area contributed by atoms with Gasteiger partial charge in [0.05, 0.1) is 24.7 Å². The number of methoxy groups -OCH3 is 1. The van der Waals surface area contributed by atoms with E-state index in [0.29, 0.717) is 44.7 Å². The summed E-state index contributed by atoms with van der Waals surface area (Å²) in [6.07, 6.45) is 1.56. The lowest BCUT2D eigenvalue weighted by atomic mass is 9.80. The summed E-state index contributed by atoms with van der Waals surface area (Å²) in [6.45, 7) is 4.37. The topological polar surface area (TPSA) is 126 Å². The number of hydroxylamine groups is 1. The Kier molecular flexibility index (Phi) is 6.17. The number of nitrogens with one attached hydrogen (secondary N) is 1. The second kappa shape index (κ2) is 8.90. The molecule has 2 saturated heterocycles. The first-order valence-corrected chi connectivity index (χ1v) is 11.2. The van der Waals surface area contributed by atoms with E-state index in [1.54, 1.807) is 16.4 Å². The number of hydrogen-bond acceptors (Lipinski definition) is 7. The van der Waals surface area contributed by atoms with E-state index >= 15 is 0 Å². The van der Waals surface area contributed by atoms with Crippen molar-refractivity contribution in [3.8, 4) is 6.07 Å². The van der Waals surface area contributed by atoms with Crippen molar-refractivity contribution in [2.24, 2.45) is 11.3 Å². The fourth-order valence-electron chi connectivity index (χ4n) is 5.21. The van der Waals surface area contributed by atoms with Crippen molar-refractivity contribution in [1.29, 1.82) is 5.26 Å². The smallest absolute Gasteiger partial charge is 0.410 e. The Labute approximate surface area is 192 Å². The maximum Gasteiger partial charge on any atom is 0.410 e. The number of nitriles is 1. The highest BCUT2D eigenvalue weighted by atomic mass is 16.5. The molecule has 1 spiro atoms. The molecule has 1 saturated carbocycles. The minimum Gasteiger partial charge on any atom is -0.453 e. The number of rotatable bonds is 3. The SMILES string of the molecule is COC(=O)N1CC2(CC2)C[C@H](C(=O)NO)[C@H]1C(=O)N1CCN(c2ccc(C#N)cc2C)CC1. The molecule has 10 nitrogen and oxygen atoms in total. The lowest BCUT2D eigenvalue weighted by Crippen LogP contribution is -2.63. The number of anilines is 1. The molecule has 2 N–H and O–H groups in total. The first kappa shape index (κ1) is 22.9. The summed E-state index contributed by atoms with van der Waals surface area (Å²) in [7, 11) is 1.26. The molecular formula is C23H29N5O5. The maximum atomic E-state index is 13.6. The van der Waals surface area contributed by atoms with Gasteiger partial charge in [-0.2, -0.15) is 5.26 Å². The quantitative estimate of drug-likeness (QED) is 0.519. The predicted octanol–water partition coefficient (Wildman–Crippen LogP) is 1.26. The zero-order valence-corrected chi connectivity index (χ0v) is 18.9. The summed E-state index contributed by atoms with van der Waals surface area (Å²) in [5, 5.41) is 18.4. The van der Waals surface area contributed by atoms with Gasteiger partial charge in [-0.3, -0.25) is 19.7 Å². The first-order valence-electron chi connectivity index (χ1n) is 11.2. The number of amides is 3. The molecule has 0 radical (unpaired) electrons. The van der Waals surface area contributed by atoms with Gasteiger partial charge < -0.3 is 14.5 Å². The van der Waals surface area contributed by atoms with Gasteiger partial charge in [-0.15, -0.1) is 0 Å². The number of carbonyl (C=O) groups excluding carboxylic acids is 3. The largest absolute Gasteiger partial charge is 0.453 e. The van der Waals surface area contributed by atoms with Gasteiger partial charge in [-0.25, -0.2) is 10.3 Å². The highest BCUT2D eigenvalue weighted by Crippen LogP contribution is 2.55. The molecule has 0 aromatic heterocycles. The van der Waals surface area contributed by atoms with Crippen molar-refractivity contribution in [2.75, 3.05) is 44.7 Å². The molecule has 4 rings (SSSR count). The molecule has 176 valence electrons. The van der Waals surface area contributed by atoms with Gasteiger partial charge in [-0.05, 0) is 55.4 Å². The molecule has 2 heterocycles. The van der Waals surface area contributed by atoms with Crippen LogP contribution in [0.3, 0.4) is 0 Å². The van der Waals surface area contributed by atoms with E-state index in [1.165, 1.54) is 12.0 Å². The second-order valence-corrected chi connectivity index (χ2v) is 9.25. The Morgan fingerprint density at radius 3 is 2.45 bits per heavy atom. The Balaban J connectivity index is 1.51. The number of hydrogen-bond donors (Lipinski definition) is 2. The van der Waals surface area contributed by atoms with E-state index < -0.39 is 24.0 Å². The molecular weight excluding hydrogens is 426 g/mol.